The van der Waals surface area contributed by atoms with E-state index in [0.29, 0.717) is 0 Å². The van der Waals surface area contributed by atoms with E-state index in [1.165, 1.54) is 12.7 Å². The number of methoxy groups -OCH3 is 1. The first-order valence-corrected chi connectivity index (χ1v) is 7.37. The fourth-order valence-corrected chi connectivity index (χ4v) is 2.70. The zero-order chi connectivity index (χ0) is 15.0. The van der Waals surface area contributed by atoms with Crippen molar-refractivity contribution in [3.8, 4) is 0 Å². The number of esters is 1. The SMILES string of the molecule is C=C(C)[C@H](CCc1ccccc1)[C@H](CCC)C(=O)OC. The number of aryl methyl sites for hydroxylation is 1. The minimum Gasteiger partial charge on any atom is -0.469 e. The number of ether oxygens (including phenoxy) is 1. The van der Waals surface area contributed by atoms with E-state index in [1.807, 2.05) is 13.0 Å². The summed E-state index contributed by atoms with van der Waals surface area (Å²) in [4.78, 5) is 12.0. The summed E-state index contributed by atoms with van der Waals surface area (Å²) >= 11 is 0. The Morgan fingerprint density at radius 2 is 1.85 bits per heavy atom. The maximum atomic E-state index is 12.0. The molecule has 2 nitrogen and oxygen atoms in total. The van der Waals surface area contributed by atoms with Gasteiger partial charge in [-0.3, -0.25) is 4.79 Å². The summed E-state index contributed by atoms with van der Waals surface area (Å²) in [6, 6.07) is 10.4. The van der Waals surface area contributed by atoms with Crippen LogP contribution in [0.25, 0.3) is 0 Å². The average molecular weight is 274 g/mol. The summed E-state index contributed by atoms with van der Waals surface area (Å²) in [6.45, 7) is 8.19. The van der Waals surface area contributed by atoms with Crippen molar-refractivity contribution < 1.29 is 9.53 Å². The van der Waals surface area contributed by atoms with Crippen molar-refractivity contribution >= 4 is 5.97 Å². The van der Waals surface area contributed by atoms with E-state index in [-0.39, 0.29) is 17.8 Å². The van der Waals surface area contributed by atoms with Crippen LogP contribution in [0.2, 0.25) is 0 Å². The summed E-state index contributed by atoms with van der Waals surface area (Å²) in [5.41, 5.74) is 2.38. The second-order valence-electron chi connectivity index (χ2n) is 5.40. The zero-order valence-electron chi connectivity index (χ0n) is 12.9. The molecule has 20 heavy (non-hydrogen) atoms. The maximum Gasteiger partial charge on any atom is 0.309 e. The quantitative estimate of drug-likeness (QED) is 0.519. The normalized spacial score (nSPS) is 13.6. The first-order chi connectivity index (χ1) is 9.60. The van der Waals surface area contributed by atoms with Gasteiger partial charge < -0.3 is 4.74 Å². The Labute approximate surface area is 122 Å². The topological polar surface area (TPSA) is 26.3 Å². The number of hydrogen-bond donors (Lipinski definition) is 0. The molecular formula is C18H26O2. The first-order valence-electron chi connectivity index (χ1n) is 7.37. The van der Waals surface area contributed by atoms with Crippen LogP contribution in [0, 0.1) is 11.8 Å². The van der Waals surface area contributed by atoms with Gasteiger partial charge in [0.2, 0.25) is 0 Å². The van der Waals surface area contributed by atoms with E-state index in [2.05, 4.69) is 37.8 Å². The minimum atomic E-state index is -0.104. The fraction of sp³-hybridized carbons (Fsp3) is 0.500. The fourth-order valence-electron chi connectivity index (χ4n) is 2.70. The third-order valence-electron chi connectivity index (χ3n) is 3.81. The molecule has 0 heterocycles. The second kappa shape index (κ2) is 8.57. The molecule has 0 unspecified atom stereocenters. The number of allylic oxidation sites excluding steroid dienone is 1. The predicted molar refractivity (Wildman–Crippen MR) is 83.5 cm³/mol. The van der Waals surface area contributed by atoms with E-state index in [1.54, 1.807) is 0 Å². The molecule has 0 aliphatic rings. The van der Waals surface area contributed by atoms with E-state index in [9.17, 15) is 4.79 Å². The van der Waals surface area contributed by atoms with Crippen molar-refractivity contribution in [1.29, 1.82) is 0 Å². The maximum absolute atomic E-state index is 12.0. The smallest absolute Gasteiger partial charge is 0.309 e. The summed E-state index contributed by atoms with van der Waals surface area (Å²) < 4.78 is 4.97. The molecule has 2 atom stereocenters. The Balaban J connectivity index is 2.76. The summed E-state index contributed by atoms with van der Waals surface area (Å²) in [6.07, 6.45) is 3.75. The summed E-state index contributed by atoms with van der Waals surface area (Å²) in [7, 11) is 1.47. The van der Waals surface area contributed by atoms with Crippen molar-refractivity contribution in [3.05, 3.63) is 48.0 Å². The van der Waals surface area contributed by atoms with E-state index >= 15 is 0 Å². The van der Waals surface area contributed by atoms with Crippen LogP contribution < -0.4 is 0 Å². The van der Waals surface area contributed by atoms with E-state index < -0.39 is 0 Å². The highest BCUT2D eigenvalue weighted by Crippen LogP contribution is 2.29. The molecule has 0 N–H and O–H groups in total. The number of rotatable bonds is 8. The molecule has 2 heteroatoms. The Bertz CT molecular complexity index is 422. The molecule has 0 aliphatic carbocycles. The highest BCUT2D eigenvalue weighted by Gasteiger charge is 2.28. The first kappa shape index (κ1) is 16.5. The molecule has 1 aromatic carbocycles. The molecule has 0 bridgehead atoms. The molecule has 0 aliphatic heterocycles. The molecule has 0 saturated heterocycles. The van der Waals surface area contributed by atoms with Gasteiger partial charge >= 0.3 is 5.97 Å². The third-order valence-corrected chi connectivity index (χ3v) is 3.81. The standard InChI is InChI=1S/C18H26O2/c1-5-9-17(18(19)20-4)16(14(2)3)13-12-15-10-7-6-8-11-15/h6-8,10-11,16-17H,2,5,9,12-13H2,1,3-4H3/t16-,17-/m0/s1. The second-order valence-corrected chi connectivity index (χ2v) is 5.40. The van der Waals surface area contributed by atoms with Gasteiger partial charge in [-0.1, -0.05) is 55.8 Å². The molecule has 0 radical (unpaired) electrons. The predicted octanol–water partition coefficient (Wildman–Crippen LogP) is 4.40. The van der Waals surface area contributed by atoms with Crippen LogP contribution in [0.1, 0.15) is 38.7 Å². The van der Waals surface area contributed by atoms with Crippen LogP contribution in [0.4, 0.5) is 0 Å². The van der Waals surface area contributed by atoms with Crippen molar-refractivity contribution in [2.45, 2.75) is 39.5 Å². The number of carbonyl (C=O) groups excluding carboxylic acids is 1. The number of benzene rings is 1. The molecule has 1 rings (SSSR count). The van der Waals surface area contributed by atoms with Gasteiger partial charge in [0, 0.05) is 0 Å². The minimum absolute atomic E-state index is 0.0637. The Kier molecular flexibility index (Phi) is 7.06. The summed E-state index contributed by atoms with van der Waals surface area (Å²) in [5, 5.41) is 0. The van der Waals surface area contributed by atoms with Crippen molar-refractivity contribution in [3.63, 3.8) is 0 Å². The van der Waals surface area contributed by atoms with Crippen LogP contribution in [0.15, 0.2) is 42.5 Å². The van der Waals surface area contributed by atoms with Crippen LogP contribution in [0.3, 0.4) is 0 Å². The summed E-state index contributed by atoms with van der Waals surface area (Å²) in [5.74, 6) is 0.0294. The Morgan fingerprint density at radius 3 is 2.35 bits per heavy atom. The van der Waals surface area contributed by atoms with Gasteiger partial charge in [-0.05, 0) is 37.7 Å². The van der Waals surface area contributed by atoms with E-state index in [0.717, 1.165) is 31.3 Å². The van der Waals surface area contributed by atoms with Gasteiger partial charge in [0.15, 0.2) is 0 Å². The number of hydrogen-bond acceptors (Lipinski definition) is 2. The highest BCUT2D eigenvalue weighted by atomic mass is 16.5. The lowest BCUT2D eigenvalue weighted by Gasteiger charge is -2.25. The van der Waals surface area contributed by atoms with Crippen molar-refractivity contribution in [1.82, 2.24) is 0 Å². The molecule has 0 aromatic heterocycles. The zero-order valence-corrected chi connectivity index (χ0v) is 12.9. The third kappa shape index (κ3) is 4.84. The molecule has 110 valence electrons. The van der Waals surface area contributed by atoms with Gasteiger partial charge in [-0.15, -0.1) is 0 Å². The number of carbonyl (C=O) groups is 1. The largest absolute Gasteiger partial charge is 0.469 e. The lowest BCUT2D eigenvalue weighted by Crippen LogP contribution is -2.26. The average Bonchev–Trinajstić information content (AvgIpc) is 2.46. The van der Waals surface area contributed by atoms with Crippen molar-refractivity contribution in [2.24, 2.45) is 11.8 Å². The van der Waals surface area contributed by atoms with Gasteiger partial charge in [0.05, 0.1) is 13.0 Å². The molecule has 0 fully saturated rings. The van der Waals surface area contributed by atoms with Gasteiger partial charge in [0.25, 0.3) is 0 Å². The van der Waals surface area contributed by atoms with Gasteiger partial charge in [-0.25, -0.2) is 0 Å². The van der Waals surface area contributed by atoms with Gasteiger partial charge in [0.1, 0.15) is 0 Å². The van der Waals surface area contributed by atoms with E-state index in [4.69, 9.17) is 4.74 Å². The highest BCUT2D eigenvalue weighted by molar-refractivity contribution is 5.73. The molecule has 0 amide bonds. The van der Waals surface area contributed by atoms with Crippen molar-refractivity contribution in [2.75, 3.05) is 7.11 Å². The van der Waals surface area contributed by atoms with Crippen LogP contribution in [-0.4, -0.2) is 13.1 Å². The lowest BCUT2D eigenvalue weighted by atomic mass is 9.80. The Morgan fingerprint density at radius 1 is 1.20 bits per heavy atom. The molecular weight excluding hydrogens is 248 g/mol. The lowest BCUT2D eigenvalue weighted by molar-refractivity contribution is -0.147. The molecule has 0 spiro atoms. The van der Waals surface area contributed by atoms with Crippen LogP contribution in [-0.2, 0) is 16.0 Å². The van der Waals surface area contributed by atoms with Crippen LogP contribution >= 0.6 is 0 Å². The van der Waals surface area contributed by atoms with Gasteiger partial charge in [-0.2, -0.15) is 0 Å². The van der Waals surface area contributed by atoms with Crippen LogP contribution in [0.5, 0.6) is 0 Å². The molecule has 0 saturated carbocycles. The molecule has 1 aromatic rings. The Hall–Kier alpha value is -1.57. The monoisotopic (exact) mass is 274 g/mol.